The molecule has 3 rings (SSSR count). The normalized spacial score (nSPS) is 16.6. The van der Waals surface area contributed by atoms with Crippen molar-refractivity contribution < 1.29 is 0 Å². The van der Waals surface area contributed by atoms with Crippen LogP contribution in [0, 0.1) is 0 Å². The third-order valence-electron chi connectivity index (χ3n) is 3.67. The summed E-state index contributed by atoms with van der Waals surface area (Å²) in [6.45, 7) is 4.00. The fourth-order valence-corrected chi connectivity index (χ4v) is 3.02. The maximum absolute atomic E-state index is 4.61. The highest BCUT2D eigenvalue weighted by Crippen LogP contribution is 2.29. The molecule has 1 saturated carbocycles. The SMILES string of the molecule is CC.CSc1ncc2cnn(C3CCCCCC3)c2n1. The number of fused-ring (bicyclic) bond motifs is 1. The van der Waals surface area contributed by atoms with E-state index >= 15 is 0 Å². The van der Waals surface area contributed by atoms with Gasteiger partial charge < -0.3 is 0 Å². The fraction of sp³-hybridized carbons (Fsp3) is 0.667. The lowest BCUT2D eigenvalue weighted by molar-refractivity contribution is 0.414. The summed E-state index contributed by atoms with van der Waals surface area (Å²) in [5, 5.41) is 6.43. The monoisotopic (exact) mass is 292 g/mol. The Kier molecular flexibility index (Phi) is 5.83. The summed E-state index contributed by atoms with van der Waals surface area (Å²) >= 11 is 1.58. The van der Waals surface area contributed by atoms with Gasteiger partial charge in [0.05, 0.1) is 17.6 Å². The smallest absolute Gasteiger partial charge is 0.189 e. The Labute approximate surface area is 125 Å². The molecule has 0 N–H and O–H groups in total. The van der Waals surface area contributed by atoms with Crippen LogP contribution in [0.25, 0.3) is 11.0 Å². The molecular formula is C15H24N4S. The van der Waals surface area contributed by atoms with E-state index in [9.17, 15) is 0 Å². The molecule has 4 nitrogen and oxygen atoms in total. The second kappa shape index (κ2) is 7.62. The van der Waals surface area contributed by atoms with E-state index in [1.165, 1.54) is 38.5 Å². The van der Waals surface area contributed by atoms with E-state index < -0.39 is 0 Å². The lowest BCUT2D eigenvalue weighted by Gasteiger charge is -2.15. The van der Waals surface area contributed by atoms with Gasteiger partial charge in [-0.3, -0.25) is 0 Å². The second-order valence-electron chi connectivity index (χ2n) is 4.87. The van der Waals surface area contributed by atoms with Crippen LogP contribution in [0.3, 0.4) is 0 Å². The summed E-state index contributed by atoms with van der Waals surface area (Å²) in [6, 6.07) is 0.523. The number of rotatable bonds is 2. The fourth-order valence-electron chi connectivity index (χ4n) is 2.69. The van der Waals surface area contributed by atoms with Crippen LogP contribution in [0.5, 0.6) is 0 Å². The molecule has 1 aliphatic rings. The average molecular weight is 292 g/mol. The van der Waals surface area contributed by atoms with Gasteiger partial charge in [-0.1, -0.05) is 51.3 Å². The molecule has 0 spiro atoms. The molecule has 0 amide bonds. The van der Waals surface area contributed by atoms with Crippen molar-refractivity contribution >= 4 is 22.8 Å². The van der Waals surface area contributed by atoms with Gasteiger partial charge in [-0.15, -0.1) is 0 Å². The van der Waals surface area contributed by atoms with E-state index in [1.807, 2.05) is 32.5 Å². The lowest BCUT2D eigenvalue weighted by Crippen LogP contribution is -2.10. The second-order valence-corrected chi connectivity index (χ2v) is 5.64. The standard InChI is InChI=1S/C13H18N4S.C2H6/c1-18-13-14-8-10-9-15-17(12(10)16-13)11-6-4-2-3-5-7-11;1-2/h8-9,11H,2-7H2,1H3;1-2H3. The number of aromatic nitrogens is 4. The first-order chi connectivity index (χ1) is 9.88. The number of nitrogens with zero attached hydrogens (tertiary/aromatic N) is 4. The molecule has 0 aliphatic heterocycles. The molecule has 1 fully saturated rings. The first kappa shape index (κ1) is 15.3. The van der Waals surface area contributed by atoms with Crippen LogP contribution < -0.4 is 0 Å². The zero-order chi connectivity index (χ0) is 14.4. The predicted octanol–water partition coefficient (Wildman–Crippen LogP) is 4.47. The van der Waals surface area contributed by atoms with Crippen molar-refractivity contribution in [2.75, 3.05) is 6.26 Å². The largest absolute Gasteiger partial charge is 0.244 e. The third kappa shape index (κ3) is 3.32. The van der Waals surface area contributed by atoms with Crippen molar-refractivity contribution in [1.29, 1.82) is 0 Å². The van der Waals surface area contributed by atoms with Crippen molar-refractivity contribution in [2.45, 2.75) is 63.6 Å². The van der Waals surface area contributed by atoms with Crippen LogP contribution >= 0.6 is 11.8 Å². The molecule has 2 aromatic heterocycles. The zero-order valence-corrected chi connectivity index (χ0v) is 13.5. The maximum Gasteiger partial charge on any atom is 0.189 e. The van der Waals surface area contributed by atoms with Crippen LogP contribution in [0.15, 0.2) is 17.6 Å². The molecule has 110 valence electrons. The first-order valence-corrected chi connectivity index (χ1v) is 8.85. The zero-order valence-electron chi connectivity index (χ0n) is 12.7. The van der Waals surface area contributed by atoms with E-state index in [2.05, 4.69) is 19.7 Å². The summed E-state index contributed by atoms with van der Waals surface area (Å²) in [5.41, 5.74) is 1.00. The molecule has 2 heterocycles. The third-order valence-corrected chi connectivity index (χ3v) is 4.23. The molecule has 1 aliphatic carbocycles. The van der Waals surface area contributed by atoms with Gasteiger partial charge in [-0.05, 0) is 19.1 Å². The molecule has 0 saturated heterocycles. The summed E-state index contributed by atoms with van der Waals surface area (Å²) in [6.07, 6.45) is 13.6. The molecule has 0 aromatic carbocycles. The Morgan fingerprint density at radius 1 is 1.10 bits per heavy atom. The van der Waals surface area contributed by atoms with Gasteiger partial charge in [0, 0.05) is 6.20 Å². The number of hydrogen-bond acceptors (Lipinski definition) is 4. The van der Waals surface area contributed by atoms with E-state index in [-0.39, 0.29) is 0 Å². The highest BCUT2D eigenvalue weighted by molar-refractivity contribution is 7.98. The molecule has 20 heavy (non-hydrogen) atoms. The molecule has 0 unspecified atom stereocenters. The Bertz CT molecular complexity index is 530. The van der Waals surface area contributed by atoms with Gasteiger partial charge in [0.1, 0.15) is 0 Å². The molecule has 0 bridgehead atoms. The minimum Gasteiger partial charge on any atom is -0.244 e. The van der Waals surface area contributed by atoms with Gasteiger partial charge in [-0.25, -0.2) is 14.6 Å². The topological polar surface area (TPSA) is 43.6 Å². The molecular weight excluding hydrogens is 268 g/mol. The van der Waals surface area contributed by atoms with Gasteiger partial charge in [0.2, 0.25) is 0 Å². The van der Waals surface area contributed by atoms with E-state index in [1.54, 1.807) is 11.8 Å². The Morgan fingerprint density at radius 3 is 2.45 bits per heavy atom. The van der Waals surface area contributed by atoms with Crippen LogP contribution in [0.4, 0.5) is 0 Å². The van der Waals surface area contributed by atoms with E-state index in [4.69, 9.17) is 0 Å². The van der Waals surface area contributed by atoms with Crippen molar-refractivity contribution in [1.82, 2.24) is 19.7 Å². The quantitative estimate of drug-likeness (QED) is 0.465. The van der Waals surface area contributed by atoms with Gasteiger partial charge in [0.15, 0.2) is 10.8 Å². The van der Waals surface area contributed by atoms with Crippen LogP contribution in [0.2, 0.25) is 0 Å². The molecule has 0 radical (unpaired) electrons. The average Bonchev–Trinajstić information content (AvgIpc) is 2.74. The Hall–Kier alpha value is -1.10. The van der Waals surface area contributed by atoms with E-state index in [0.717, 1.165) is 16.2 Å². The molecule has 5 heteroatoms. The van der Waals surface area contributed by atoms with Crippen molar-refractivity contribution in [2.24, 2.45) is 0 Å². The Morgan fingerprint density at radius 2 is 1.80 bits per heavy atom. The van der Waals surface area contributed by atoms with Gasteiger partial charge in [-0.2, -0.15) is 5.10 Å². The highest BCUT2D eigenvalue weighted by Gasteiger charge is 2.18. The van der Waals surface area contributed by atoms with Crippen LogP contribution in [-0.2, 0) is 0 Å². The lowest BCUT2D eigenvalue weighted by atomic mass is 10.1. The van der Waals surface area contributed by atoms with E-state index in [0.29, 0.717) is 6.04 Å². The van der Waals surface area contributed by atoms with Gasteiger partial charge >= 0.3 is 0 Å². The summed E-state index contributed by atoms with van der Waals surface area (Å²) < 4.78 is 2.13. The van der Waals surface area contributed by atoms with Crippen molar-refractivity contribution in [3.05, 3.63) is 12.4 Å². The van der Waals surface area contributed by atoms with Crippen molar-refractivity contribution in [3.63, 3.8) is 0 Å². The number of thioether (sulfide) groups is 1. The number of hydrogen-bond donors (Lipinski definition) is 0. The van der Waals surface area contributed by atoms with Crippen LogP contribution in [0.1, 0.15) is 58.4 Å². The summed E-state index contributed by atoms with van der Waals surface area (Å²) in [4.78, 5) is 8.91. The minimum atomic E-state index is 0.523. The highest BCUT2D eigenvalue weighted by atomic mass is 32.2. The molecule has 2 aromatic rings. The van der Waals surface area contributed by atoms with Gasteiger partial charge in [0.25, 0.3) is 0 Å². The summed E-state index contributed by atoms with van der Waals surface area (Å²) in [7, 11) is 0. The predicted molar refractivity (Wildman–Crippen MR) is 85.2 cm³/mol. The van der Waals surface area contributed by atoms with Crippen molar-refractivity contribution in [3.8, 4) is 0 Å². The molecule has 0 atom stereocenters. The summed E-state index contributed by atoms with van der Waals surface area (Å²) in [5.74, 6) is 0. The Balaban J connectivity index is 0.000000704. The maximum atomic E-state index is 4.61. The minimum absolute atomic E-state index is 0.523. The first-order valence-electron chi connectivity index (χ1n) is 7.63. The van der Waals surface area contributed by atoms with Crippen LogP contribution in [-0.4, -0.2) is 26.0 Å².